The van der Waals surface area contributed by atoms with Crippen LogP contribution in [0, 0.1) is 0 Å². The molecule has 0 spiro atoms. The summed E-state index contributed by atoms with van der Waals surface area (Å²) in [6.07, 6.45) is -2.88. The van der Waals surface area contributed by atoms with Gasteiger partial charge in [0.15, 0.2) is 5.50 Å². The van der Waals surface area contributed by atoms with E-state index in [9.17, 15) is 18.0 Å². The molecule has 0 aromatic heterocycles. The van der Waals surface area contributed by atoms with E-state index in [1.807, 2.05) is 0 Å². The molecule has 0 aliphatic carbocycles. The van der Waals surface area contributed by atoms with Crippen LogP contribution < -0.4 is 4.90 Å². The van der Waals surface area contributed by atoms with Gasteiger partial charge in [-0.2, -0.15) is 18.3 Å². The first kappa shape index (κ1) is 19.1. The monoisotopic (exact) mass is 400 g/mol. The Morgan fingerprint density at radius 3 is 2.48 bits per heavy atom. The van der Waals surface area contributed by atoms with E-state index in [4.69, 9.17) is 9.57 Å². The van der Waals surface area contributed by atoms with Gasteiger partial charge in [0.1, 0.15) is 13.4 Å². The van der Waals surface area contributed by atoms with E-state index in [1.54, 1.807) is 16.8 Å². The van der Waals surface area contributed by atoms with Crippen LogP contribution in [0.2, 0.25) is 0 Å². The van der Waals surface area contributed by atoms with E-state index in [2.05, 4.69) is 10.3 Å². The third-order valence-electron chi connectivity index (χ3n) is 3.91. The summed E-state index contributed by atoms with van der Waals surface area (Å²) in [4.78, 5) is 18.9. The van der Waals surface area contributed by atoms with Crippen LogP contribution in [-0.2, 0) is 20.5 Å². The van der Waals surface area contributed by atoms with E-state index < -0.39 is 23.2 Å². The van der Waals surface area contributed by atoms with E-state index in [0.29, 0.717) is 16.3 Å². The number of carbonyl (C=O) groups is 1. The maximum absolute atomic E-state index is 12.8. The highest BCUT2D eigenvalue weighted by molar-refractivity contribution is 8.05. The van der Waals surface area contributed by atoms with Crippen LogP contribution in [0.5, 0.6) is 0 Å². The summed E-state index contributed by atoms with van der Waals surface area (Å²) in [5.41, 5.74) is 0.0531. The van der Waals surface area contributed by atoms with Gasteiger partial charge in [0.25, 0.3) is 0 Å². The molecule has 2 aliphatic heterocycles. The first-order valence-corrected chi connectivity index (χ1v) is 8.52. The van der Waals surface area contributed by atoms with Gasteiger partial charge in [-0.1, -0.05) is 16.9 Å². The largest absolute Gasteiger partial charge is 0.464 e. The summed E-state index contributed by atoms with van der Waals surface area (Å²) < 4.78 is 43.0. The summed E-state index contributed by atoms with van der Waals surface area (Å²) in [6.45, 7) is 1.75. The lowest BCUT2D eigenvalue weighted by Gasteiger charge is -2.24. The highest BCUT2D eigenvalue weighted by Gasteiger charge is 2.42. The number of benzene rings is 1. The number of methoxy groups -OCH3 is 1. The number of thioether (sulfide) groups is 1. The predicted molar refractivity (Wildman–Crippen MR) is 94.8 cm³/mol. The summed E-state index contributed by atoms with van der Waals surface area (Å²) in [5, 5.41) is 9.65. The Labute approximate surface area is 157 Å². The molecule has 1 unspecified atom stereocenters. The number of halogens is 3. The van der Waals surface area contributed by atoms with Crippen LogP contribution in [0.25, 0.3) is 0 Å². The van der Waals surface area contributed by atoms with Gasteiger partial charge in [-0.05, 0) is 31.2 Å². The number of hydrogen-bond acceptors (Lipinski definition) is 8. The summed E-state index contributed by atoms with van der Waals surface area (Å²) in [5.74, 6) is -0.662. The van der Waals surface area contributed by atoms with Crippen molar-refractivity contribution in [2.45, 2.75) is 18.6 Å². The average Bonchev–Trinajstić information content (AvgIpc) is 3.19. The standard InChI is InChI=1S/C16H15F3N4O3S/c1-9-13(12(21-26-3)14(24)25-2)27-15-22(8-20-23(9)15)11-6-4-10(5-7-11)16(17,18)19/h4-8,15H,1-3H3. The molecule has 0 amide bonds. The third kappa shape index (κ3) is 3.46. The Balaban J connectivity index is 1.86. The van der Waals surface area contributed by atoms with Crippen molar-refractivity contribution in [3.05, 3.63) is 40.4 Å². The zero-order valence-electron chi connectivity index (χ0n) is 14.5. The molecule has 3 rings (SSSR count). The molecular formula is C16H15F3N4O3S. The number of allylic oxidation sites excluding steroid dienone is 1. The second-order valence-corrected chi connectivity index (χ2v) is 6.57. The number of nitrogens with zero attached hydrogens (tertiary/aromatic N) is 4. The van der Waals surface area contributed by atoms with Gasteiger partial charge in [-0.3, -0.25) is 4.90 Å². The lowest BCUT2D eigenvalue weighted by atomic mass is 10.2. The van der Waals surface area contributed by atoms with Crippen molar-refractivity contribution >= 4 is 35.5 Å². The highest BCUT2D eigenvalue weighted by atomic mass is 32.2. The number of alkyl halides is 3. The molecule has 2 aliphatic rings. The Bertz CT molecular complexity index is 836. The Hall–Kier alpha value is -2.69. The number of hydrogen-bond donors (Lipinski definition) is 0. The molecule has 0 fully saturated rings. The van der Waals surface area contributed by atoms with Crippen molar-refractivity contribution in [1.82, 2.24) is 5.01 Å². The molecule has 0 N–H and O–H groups in total. The highest BCUT2D eigenvalue weighted by Crippen LogP contribution is 2.44. The van der Waals surface area contributed by atoms with Gasteiger partial charge in [0.2, 0.25) is 5.71 Å². The van der Waals surface area contributed by atoms with Crippen molar-refractivity contribution in [1.29, 1.82) is 0 Å². The van der Waals surface area contributed by atoms with Gasteiger partial charge in [-0.15, -0.1) is 0 Å². The fourth-order valence-corrected chi connectivity index (χ4v) is 3.91. The molecule has 0 saturated heterocycles. The van der Waals surface area contributed by atoms with Crippen LogP contribution in [0.15, 0.2) is 45.1 Å². The maximum atomic E-state index is 12.8. The average molecular weight is 400 g/mol. The Morgan fingerprint density at radius 1 is 1.26 bits per heavy atom. The molecule has 11 heteroatoms. The summed E-state index contributed by atoms with van der Waals surface area (Å²) in [6, 6.07) is 4.77. The third-order valence-corrected chi connectivity index (χ3v) is 5.27. The van der Waals surface area contributed by atoms with Gasteiger partial charge in [-0.25, -0.2) is 9.80 Å². The number of hydrazone groups is 1. The lowest BCUT2D eigenvalue weighted by Crippen LogP contribution is -2.33. The minimum Gasteiger partial charge on any atom is -0.464 e. The molecule has 2 heterocycles. The molecule has 1 atom stereocenters. The molecule has 0 saturated carbocycles. The van der Waals surface area contributed by atoms with Crippen LogP contribution in [0.1, 0.15) is 12.5 Å². The normalized spacial score (nSPS) is 19.6. The number of carbonyl (C=O) groups excluding carboxylic acids is 1. The molecule has 27 heavy (non-hydrogen) atoms. The van der Waals surface area contributed by atoms with Gasteiger partial charge in [0, 0.05) is 5.69 Å². The molecule has 1 aromatic rings. The molecule has 7 nitrogen and oxygen atoms in total. The number of fused-ring (bicyclic) bond motifs is 1. The van der Waals surface area contributed by atoms with Crippen molar-refractivity contribution in [2.75, 3.05) is 19.1 Å². The molecular weight excluding hydrogens is 385 g/mol. The minimum atomic E-state index is -4.40. The van der Waals surface area contributed by atoms with E-state index >= 15 is 0 Å². The van der Waals surface area contributed by atoms with E-state index in [0.717, 1.165) is 12.1 Å². The van der Waals surface area contributed by atoms with Crippen molar-refractivity contribution in [2.24, 2.45) is 10.3 Å². The number of rotatable bonds is 4. The van der Waals surface area contributed by atoms with Crippen molar-refractivity contribution in [3.63, 3.8) is 0 Å². The van der Waals surface area contributed by atoms with Crippen LogP contribution in [0.3, 0.4) is 0 Å². The van der Waals surface area contributed by atoms with E-state index in [-0.39, 0.29) is 5.71 Å². The zero-order valence-corrected chi connectivity index (χ0v) is 15.3. The number of anilines is 1. The summed E-state index contributed by atoms with van der Waals surface area (Å²) >= 11 is 1.27. The van der Waals surface area contributed by atoms with Gasteiger partial charge >= 0.3 is 12.1 Å². The Morgan fingerprint density at radius 2 is 1.93 bits per heavy atom. The van der Waals surface area contributed by atoms with Gasteiger partial charge < -0.3 is 9.57 Å². The molecule has 144 valence electrons. The van der Waals surface area contributed by atoms with E-state index in [1.165, 1.54) is 44.5 Å². The zero-order chi connectivity index (χ0) is 19.8. The number of esters is 1. The molecule has 0 bridgehead atoms. The molecule has 1 aromatic carbocycles. The fraction of sp³-hybridized carbons (Fsp3) is 0.312. The molecule has 0 radical (unpaired) electrons. The van der Waals surface area contributed by atoms with Gasteiger partial charge in [0.05, 0.1) is 23.3 Å². The van der Waals surface area contributed by atoms with Crippen LogP contribution >= 0.6 is 11.8 Å². The fourth-order valence-electron chi connectivity index (χ4n) is 2.60. The summed E-state index contributed by atoms with van der Waals surface area (Å²) in [7, 11) is 2.54. The smallest absolute Gasteiger partial charge is 0.416 e. The SMILES string of the molecule is CON=C(C(=O)OC)C1=C(C)N2N=CN(c3ccc(C(F)(F)F)cc3)C2S1. The number of oxime groups is 1. The first-order valence-electron chi connectivity index (χ1n) is 7.64. The first-order chi connectivity index (χ1) is 12.8. The van der Waals surface area contributed by atoms with Crippen LogP contribution in [0.4, 0.5) is 18.9 Å². The van der Waals surface area contributed by atoms with Crippen molar-refractivity contribution < 1.29 is 27.5 Å². The lowest BCUT2D eigenvalue weighted by molar-refractivity contribution is -0.137. The van der Waals surface area contributed by atoms with Crippen molar-refractivity contribution in [3.8, 4) is 0 Å². The second-order valence-electron chi connectivity index (χ2n) is 5.50. The number of ether oxygens (including phenoxy) is 1. The predicted octanol–water partition coefficient (Wildman–Crippen LogP) is 3.21. The Kier molecular flexibility index (Phi) is 5.05. The maximum Gasteiger partial charge on any atom is 0.416 e. The minimum absolute atomic E-state index is 0.000491. The van der Waals surface area contributed by atoms with Crippen LogP contribution in [-0.4, -0.2) is 42.7 Å². The quantitative estimate of drug-likeness (QED) is 0.439. The second kappa shape index (κ2) is 7.14. The topological polar surface area (TPSA) is 66.7 Å².